The zero-order valence-electron chi connectivity index (χ0n) is 16.2. The molecule has 0 bridgehead atoms. The SMILES string of the molecule is CC(=O)Nc1cccc(NC(=O)CSc2nnc(N/N=C(\C)c3cccs3)n2N)c1. The van der Waals surface area contributed by atoms with Crippen LogP contribution in [0.5, 0.6) is 0 Å². The minimum Gasteiger partial charge on any atom is -0.334 e. The summed E-state index contributed by atoms with van der Waals surface area (Å²) in [5, 5.41) is 19.9. The van der Waals surface area contributed by atoms with Gasteiger partial charge in [-0.3, -0.25) is 9.59 Å². The molecule has 2 aromatic heterocycles. The fourth-order valence-electron chi connectivity index (χ4n) is 2.33. The van der Waals surface area contributed by atoms with Crippen LogP contribution in [0.2, 0.25) is 0 Å². The molecule has 10 nitrogen and oxygen atoms in total. The topological polar surface area (TPSA) is 139 Å². The molecule has 1 aromatic carbocycles. The first-order valence-electron chi connectivity index (χ1n) is 8.77. The monoisotopic (exact) mass is 444 g/mol. The lowest BCUT2D eigenvalue weighted by Crippen LogP contribution is -2.17. The van der Waals surface area contributed by atoms with E-state index in [0.717, 1.165) is 22.4 Å². The van der Waals surface area contributed by atoms with Crippen LogP contribution in [0.3, 0.4) is 0 Å². The number of benzene rings is 1. The first-order chi connectivity index (χ1) is 14.4. The number of hydrogen-bond donors (Lipinski definition) is 4. The van der Waals surface area contributed by atoms with Crippen LogP contribution in [0.1, 0.15) is 18.7 Å². The lowest BCUT2D eigenvalue weighted by Gasteiger charge is -2.08. The molecule has 3 aromatic rings. The predicted octanol–water partition coefficient (Wildman–Crippen LogP) is 2.58. The predicted molar refractivity (Wildman–Crippen MR) is 120 cm³/mol. The van der Waals surface area contributed by atoms with Gasteiger partial charge in [-0.05, 0) is 36.6 Å². The molecule has 0 aliphatic carbocycles. The second-order valence-corrected chi connectivity index (χ2v) is 7.95. The maximum atomic E-state index is 12.2. The standard InChI is InChI=1S/C18H20N8O2S2/c1-11(15-7-4-8-29-15)22-23-17-24-25-18(26(17)19)30-10-16(28)21-14-6-3-5-13(9-14)20-12(2)27/h3-9H,10,19H2,1-2H3,(H,20,27)(H,21,28)(H,23,24)/b22-11+. The zero-order chi connectivity index (χ0) is 21.5. The Morgan fingerprint density at radius 2 is 1.93 bits per heavy atom. The number of nitrogens with two attached hydrogens (primary N) is 1. The normalized spacial score (nSPS) is 11.2. The van der Waals surface area contributed by atoms with Crippen molar-refractivity contribution in [2.24, 2.45) is 5.10 Å². The highest BCUT2D eigenvalue weighted by Gasteiger charge is 2.12. The molecule has 0 radical (unpaired) electrons. The Kier molecular flexibility index (Phi) is 7.03. The highest BCUT2D eigenvalue weighted by molar-refractivity contribution is 7.99. The van der Waals surface area contributed by atoms with Gasteiger partial charge >= 0.3 is 0 Å². The zero-order valence-corrected chi connectivity index (χ0v) is 17.9. The Balaban J connectivity index is 1.54. The van der Waals surface area contributed by atoms with Crippen molar-refractivity contribution in [2.75, 3.05) is 27.7 Å². The summed E-state index contributed by atoms with van der Waals surface area (Å²) in [6, 6.07) is 10.8. The van der Waals surface area contributed by atoms with Crippen LogP contribution in [-0.4, -0.2) is 38.2 Å². The van der Waals surface area contributed by atoms with E-state index in [4.69, 9.17) is 5.84 Å². The van der Waals surface area contributed by atoms with Crippen molar-refractivity contribution < 1.29 is 9.59 Å². The van der Waals surface area contributed by atoms with Gasteiger partial charge in [0.2, 0.25) is 17.0 Å². The minimum atomic E-state index is -0.246. The highest BCUT2D eigenvalue weighted by atomic mass is 32.2. The van der Waals surface area contributed by atoms with Gasteiger partial charge in [-0.2, -0.15) is 5.10 Å². The van der Waals surface area contributed by atoms with Crippen LogP contribution in [0.4, 0.5) is 17.3 Å². The molecule has 0 aliphatic rings. The number of carbonyl (C=O) groups excluding carboxylic acids is 2. The average Bonchev–Trinajstić information content (AvgIpc) is 3.35. The minimum absolute atomic E-state index is 0.0805. The molecule has 2 heterocycles. The van der Waals surface area contributed by atoms with Crippen LogP contribution in [0, 0.1) is 0 Å². The van der Waals surface area contributed by atoms with Gasteiger partial charge in [0, 0.05) is 23.2 Å². The number of nitrogens with one attached hydrogen (secondary N) is 3. The Labute approximate surface area is 180 Å². The van der Waals surface area contributed by atoms with Gasteiger partial charge in [-0.15, -0.1) is 21.5 Å². The van der Waals surface area contributed by atoms with Crippen molar-refractivity contribution in [1.82, 2.24) is 14.9 Å². The van der Waals surface area contributed by atoms with Crippen molar-refractivity contribution in [1.29, 1.82) is 0 Å². The molecular weight excluding hydrogens is 424 g/mol. The van der Waals surface area contributed by atoms with Gasteiger partial charge in [0.25, 0.3) is 5.95 Å². The quantitative estimate of drug-likeness (QED) is 0.181. The summed E-state index contributed by atoms with van der Waals surface area (Å²) < 4.78 is 1.24. The lowest BCUT2D eigenvalue weighted by atomic mass is 10.2. The van der Waals surface area contributed by atoms with Crippen molar-refractivity contribution in [3.63, 3.8) is 0 Å². The van der Waals surface area contributed by atoms with E-state index in [0.29, 0.717) is 16.5 Å². The Bertz CT molecular complexity index is 1060. The largest absolute Gasteiger partial charge is 0.334 e. The molecule has 30 heavy (non-hydrogen) atoms. The number of hydrazone groups is 1. The summed E-state index contributed by atoms with van der Waals surface area (Å²) in [5.41, 5.74) is 4.75. The second kappa shape index (κ2) is 9.89. The number of carbonyl (C=O) groups is 2. The molecule has 0 saturated carbocycles. The number of rotatable bonds is 8. The maximum absolute atomic E-state index is 12.2. The number of hydrogen-bond acceptors (Lipinski definition) is 9. The molecule has 3 rings (SSSR count). The van der Waals surface area contributed by atoms with Gasteiger partial charge < -0.3 is 16.5 Å². The second-order valence-electron chi connectivity index (χ2n) is 6.06. The van der Waals surface area contributed by atoms with Crippen LogP contribution in [0.25, 0.3) is 0 Å². The number of nitrogens with zero attached hydrogens (tertiary/aromatic N) is 4. The third kappa shape index (κ3) is 5.81. The molecule has 0 aliphatic heterocycles. The van der Waals surface area contributed by atoms with Gasteiger partial charge in [0.15, 0.2) is 0 Å². The summed E-state index contributed by atoms with van der Waals surface area (Å²) in [7, 11) is 0. The van der Waals surface area contributed by atoms with Gasteiger partial charge in [0.05, 0.1) is 11.5 Å². The number of aromatic nitrogens is 3. The third-order valence-corrected chi connectivity index (χ3v) is 5.59. The molecule has 0 atom stereocenters. The average molecular weight is 445 g/mol. The van der Waals surface area contributed by atoms with Crippen LogP contribution in [0.15, 0.2) is 52.0 Å². The molecule has 0 saturated heterocycles. The van der Waals surface area contributed by atoms with Crippen molar-refractivity contribution in [3.8, 4) is 0 Å². The molecular formula is C18H20N8O2S2. The molecule has 0 unspecified atom stereocenters. The first-order valence-corrected chi connectivity index (χ1v) is 10.6. The first kappa shape index (κ1) is 21.3. The molecule has 2 amide bonds. The molecule has 0 fully saturated rings. The van der Waals surface area contributed by atoms with E-state index in [1.165, 1.54) is 11.6 Å². The maximum Gasteiger partial charge on any atom is 0.264 e. The summed E-state index contributed by atoms with van der Waals surface area (Å²) in [6.45, 7) is 3.29. The number of anilines is 3. The van der Waals surface area contributed by atoms with Gasteiger partial charge in [0.1, 0.15) is 0 Å². The molecule has 5 N–H and O–H groups in total. The number of amides is 2. The summed E-state index contributed by atoms with van der Waals surface area (Å²) in [6.07, 6.45) is 0. The van der Waals surface area contributed by atoms with E-state index < -0.39 is 0 Å². The van der Waals surface area contributed by atoms with Gasteiger partial charge in [-0.1, -0.05) is 23.9 Å². The Morgan fingerprint density at radius 3 is 2.63 bits per heavy atom. The van der Waals surface area contributed by atoms with Crippen LogP contribution < -0.4 is 21.9 Å². The van der Waals surface area contributed by atoms with E-state index in [2.05, 4.69) is 31.4 Å². The van der Waals surface area contributed by atoms with Crippen molar-refractivity contribution >= 4 is 57.9 Å². The third-order valence-electron chi connectivity index (χ3n) is 3.66. The van der Waals surface area contributed by atoms with Crippen molar-refractivity contribution in [2.45, 2.75) is 19.0 Å². The van der Waals surface area contributed by atoms with Crippen molar-refractivity contribution in [3.05, 3.63) is 46.7 Å². The van der Waals surface area contributed by atoms with E-state index >= 15 is 0 Å². The van der Waals surface area contributed by atoms with E-state index in [-0.39, 0.29) is 23.5 Å². The fraction of sp³-hybridized carbons (Fsp3) is 0.167. The van der Waals surface area contributed by atoms with Crippen LogP contribution >= 0.6 is 23.1 Å². The van der Waals surface area contributed by atoms with E-state index in [1.54, 1.807) is 35.6 Å². The van der Waals surface area contributed by atoms with Gasteiger partial charge in [-0.25, -0.2) is 10.1 Å². The highest BCUT2D eigenvalue weighted by Crippen LogP contribution is 2.19. The number of thioether (sulfide) groups is 1. The molecule has 12 heteroatoms. The summed E-state index contributed by atoms with van der Waals surface area (Å²) in [4.78, 5) is 24.4. The number of thiophene rings is 1. The summed E-state index contributed by atoms with van der Waals surface area (Å²) >= 11 is 2.72. The Morgan fingerprint density at radius 1 is 1.17 bits per heavy atom. The molecule has 0 spiro atoms. The Hall–Kier alpha value is -3.38. The van der Waals surface area contributed by atoms with E-state index in [9.17, 15) is 9.59 Å². The number of nitrogen functional groups attached to an aromatic ring is 1. The summed E-state index contributed by atoms with van der Waals surface area (Å²) in [5.74, 6) is 5.89. The molecule has 156 valence electrons. The fourth-order valence-corrected chi connectivity index (χ4v) is 3.66. The smallest absolute Gasteiger partial charge is 0.264 e. The lowest BCUT2D eigenvalue weighted by molar-refractivity contribution is -0.114. The van der Waals surface area contributed by atoms with Crippen LogP contribution in [-0.2, 0) is 9.59 Å². The van der Waals surface area contributed by atoms with E-state index in [1.807, 2.05) is 24.4 Å².